The minimum absolute atomic E-state index is 0.00824. The Kier molecular flexibility index (Phi) is 4.66. The molecule has 3 rings (SSSR count). The van der Waals surface area contributed by atoms with Crippen molar-refractivity contribution >= 4 is 5.91 Å². The monoisotopic (exact) mass is 356 g/mol. The van der Waals surface area contributed by atoms with E-state index in [9.17, 15) is 18.0 Å². The van der Waals surface area contributed by atoms with Crippen molar-refractivity contribution in [3.8, 4) is 0 Å². The third-order valence-corrected chi connectivity index (χ3v) is 3.61. The van der Waals surface area contributed by atoms with Crippen LogP contribution in [0.25, 0.3) is 0 Å². The molecular weight excluding hydrogens is 341 g/mol. The average molecular weight is 356 g/mol. The third kappa shape index (κ3) is 3.92. The van der Waals surface area contributed by atoms with E-state index in [-0.39, 0.29) is 36.7 Å². The number of nitrogens with zero attached hydrogens (tertiary/aromatic N) is 5. The molecule has 0 bridgehead atoms. The van der Waals surface area contributed by atoms with Crippen LogP contribution in [-0.2, 0) is 37.4 Å². The summed E-state index contributed by atoms with van der Waals surface area (Å²) in [5.74, 6) is -0.428. The zero-order chi connectivity index (χ0) is 18.0. The quantitative estimate of drug-likeness (QED) is 0.865. The second kappa shape index (κ2) is 6.75. The fourth-order valence-electron chi connectivity index (χ4n) is 2.46. The molecule has 1 N–H and O–H groups in total. The summed E-state index contributed by atoms with van der Waals surface area (Å²) >= 11 is 0. The van der Waals surface area contributed by atoms with Gasteiger partial charge >= 0.3 is 6.18 Å². The van der Waals surface area contributed by atoms with Crippen LogP contribution in [0.2, 0.25) is 0 Å². The topological polar surface area (TPSA) is 94.8 Å². The van der Waals surface area contributed by atoms with Crippen molar-refractivity contribution in [2.75, 3.05) is 13.2 Å². The Morgan fingerprint density at radius 2 is 2.20 bits per heavy atom. The van der Waals surface area contributed by atoms with Gasteiger partial charge in [0.1, 0.15) is 5.82 Å². The molecule has 1 aliphatic rings. The summed E-state index contributed by atoms with van der Waals surface area (Å²) in [6, 6.07) is 0. The molecule has 0 fully saturated rings. The molecule has 0 saturated carbocycles. The van der Waals surface area contributed by atoms with E-state index in [1.165, 1.54) is 10.9 Å². The van der Waals surface area contributed by atoms with Crippen LogP contribution < -0.4 is 5.32 Å². The molecule has 0 spiro atoms. The number of hydrogen-bond acceptors (Lipinski definition) is 6. The number of nitrogens with one attached hydrogen (secondary N) is 1. The Hall–Kier alpha value is -2.56. The number of hydrogen-bond donors (Lipinski definition) is 1. The molecule has 2 aromatic rings. The lowest BCUT2D eigenvalue weighted by molar-refractivity contribution is -0.143. The van der Waals surface area contributed by atoms with Crippen LogP contribution >= 0.6 is 0 Å². The van der Waals surface area contributed by atoms with E-state index >= 15 is 0 Å². The second-order valence-electron chi connectivity index (χ2n) is 5.50. The molecule has 134 valence electrons. The van der Waals surface area contributed by atoms with E-state index in [0.29, 0.717) is 18.7 Å². The summed E-state index contributed by atoms with van der Waals surface area (Å²) in [5, 5.41) is 9.85. The van der Waals surface area contributed by atoms with Crippen molar-refractivity contribution in [3.05, 3.63) is 34.7 Å². The number of aromatic nitrogens is 5. The van der Waals surface area contributed by atoms with Gasteiger partial charge in [0.2, 0.25) is 0 Å². The number of aryl methyl sites for hydroxylation is 1. The smallest absolute Gasteiger partial charge is 0.376 e. The van der Waals surface area contributed by atoms with E-state index in [4.69, 9.17) is 4.74 Å². The van der Waals surface area contributed by atoms with Gasteiger partial charge in [0, 0.05) is 32.0 Å². The van der Waals surface area contributed by atoms with Gasteiger partial charge in [-0.1, -0.05) is 5.21 Å². The van der Waals surface area contributed by atoms with E-state index in [1.807, 2.05) is 0 Å². The highest BCUT2D eigenvalue weighted by Gasteiger charge is 2.38. The molecule has 0 saturated heterocycles. The second-order valence-corrected chi connectivity index (χ2v) is 5.50. The van der Waals surface area contributed by atoms with Crippen LogP contribution in [0.4, 0.5) is 13.2 Å². The first-order valence-electron chi connectivity index (χ1n) is 7.52. The van der Waals surface area contributed by atoms with Crippen LogP contribution in [-0.4, -0.2) is 44.0 Å². The van der Waals surface area contributed by atoms with Gasteiger partial charge in [0.05, 0.1) is 25.1 Å². The van der Waals surface area contributed by atoms with Gasteiger partial charge < -0.3 is 10.1 Å². The van der Waals surface area contributed by atoms with Crippen LogP contribution in [0.5, 0.6) is 0 Å². The highest BCUT2D eigenvalue weighted by molar-refractivity contribution is 5.91. The number of carbonyl (C=O) groups is 1. The zero-order valence-electron chi connectivity index (χ0n) is 13.3. The number of ether oxygens (including phenoxy) is 1. The van der Waals surface area contributed by atoms with Crippen molar-refractivity contribution < 1.29 is 22.7 Å². The van der Waals surface area contributed by atoms with Crippen molar-refractivity contribution in [2.45, 2.75) is 25.6 Å². The van der Waals surface area contributed by atoms with E-state index < -0.39 is 17.8 Å². The number of alkyl halides is 3. The normalized spacial score (nSPS) is 14.2. The van der Waals surface area contributed by atoms with E-state index in [0.717, 1.165) is 0 Å². The molecule has 11 heteroatoms. The molecule has 25 heavy (non-hydrogen) atoms. The van der Waals surface area contributed by atoms with Crippen LogP contribution in [0.1, 0.15) is 33.3 Å². The molecule has 0 aliphatic carbocycles. The lowest BCUT2D eigenvalue weighted by Gasteiger charge is -2.20. The Labute approximate surface area is 140 Å². The number of fused-ring (bicyclic) bond motifs is 1. The predicted octanol–water partition coefficient (Wildman–Crippen LogP) is 0.669. The molecule has 3 heterocycles. The maximum atomic E-state index is 13.2. The summed E-state index contributed by atoms with van der Waals surface area (Å²) in [7, 11) is 1.62. The largest absolute Gasteiger partial charge is 0.433 e. The molecule has 1 amide bonds. The molecule has 0 aromatic carbocycles. The zero-order valence-corrected chi connectivity index (χ0v) is 13.3. The lowest BCUT2D eigenvalue weighted by atomic mass is 10.1. The Morgan fingerprint density at radius 3 is 2.88 bits per heavy atom. The number of carbonyl (C=O) groups excluding carboxylic acids is 1. The molecule has 2 aromatic heterocycles. The van der Waals surface area contributed by atoms with Gasteiger partial charge in [-0.15, -0.1) is 5.10 Å². The van der Waals surface area contributed by atoms with Crippen molar-refractivity contribution in [1.29, 1.82) is 0 Å². The summed E-state index contributed by atoms with van der Waals surface area (Å²) < 4.78 is 46.0. The minimum atomic E-state index is -4.58. The van der Waals surface area contributed by atoms with Crippen LogP contribution in [0.3, 0.4) is 0 Å². The van der Waals surface area contributed by atoms with Crippen molar-refractivity contribution in [1.82, 2.24) is 30.3 Å². The lowest BCUT2D eigenvalue weighted by Crippen LogP contribution is -2.28. The standard InChI is InChI=1S/C14H15F3N6O2/c1-23-6-10(21-22-23)13(24)18-4-2-11-19-9-3-5-25-7-8(9)12(20-11)14(15,16)17/h6H,2-5,7H2,1H3,(H,18,24). The first-order valence-corrected chi connectivity index (χ1v) is 7.52. The Balaban J connectivity index is 1.71. The van der Waals surface area contributed by atoms with Crippen molar-refractivity contribution in [3.63, 3.8) is 0 Å². The highest BCUT2D eigenvalue weighted by Crippen LogP contribution is 2.33. The van der Waals surface area contributed by atoms with E-state index in [2.05, 4.69) is 25.6 Å². The van der Waals surface area contributed by atoms with Gasteiger partial charge in [-0.25, -0.2) is 9.97 Å². The highest BCUT2D eigenvalue weighted by atomic mass is 19.4. The van der Waals surface area contributed by atoms with Gasteiger partial charge in [0.15, 0.2) is 11.4 Å². The fraction of sp³-hybridized carbons (Fsp3) is 0.500. The molecule has 0 unspecified atom stereocenters. The van der Waals surface area contributed by atoms with Crippen LogP contribution in [0, 0.1) is 0 Å². The summed E-state index contributed by atoms with van der Waals surface area (Å²) in [5.41, 5.74) is -0.496. The third-order valence-electron chi connectivity index (χ3n) is 3.61. The number of amides is 1. The van der Waals surface area contributed by atoms with Gasteiger partial charge in [-0.2, -0.15) is 13.2 Å². The molecule has 0 atom stereocenters. The number of halogens is 3. The molecular formula is C14H15F3N6O2. The molecule has 1 aliphatic heterocycles. The molecule has 0 radical (unpaired) electrons. The summed E-state index contributed by atoms with van der Waals surface area (Å²) in [6.07, 6.45) is -2.76. The maximum absolute atomic E-state index is 13.2. The Bertz CT molecular complexity index is 789. The average Bonchev–Trinajstić information content (AvgIpc) is 3.00. The van der Waals surface area contributed by atoms with Crippen LogP contribution in [0.15, 0.2) is 6.20 Å². The fourth-order valence-corrected chi connectivity index (χ4v) is 2.46. The minimum Gasteiger partial charge on any atom is -0.376 e. The predicted molar refractivity (Wildman–Crippen MR) is 77.4 cm³/mol. The molecule has 8 nitrogen and oxygen atoms in total. The van der Waals surface area contributed by atoms with Gasteiger partial charge in [0.25, 0.3) is 5.91 Å². The number of rotatable bonds is 4. The van der Waals surface area contributed by atoms with Crippen molar-refractivity contribution in [2.24, 2.45) is 7.05 Å². The maximum Gasteiger partial charge on any atom is 0.433 e. The first-order chi connectivity index (χ1) is 11.8. The van der Waals surface area contributed by atoms with Gasteiger partial charge in [-0.05, 0) is 0 Å². The SMILES string of the molecule is Cn1cc(C(=O)NCCc2nc3c(c(C(F)(F)F)n2)COCC3)nn1. The van der Waals surface area contributed by atoms with Gasteiger partial charge in [-0.3, -0.25) is 9.48 Å². The summed E-state index contributed by atoms with van der Waals surface area (Å²) in [4.78, 5) is 19.7. The Morgan fingerprint density at radius 1 is 1.40 bits per heavy atom. The summed E-state index contributed by atoms with van der Waals surface area (Å²) in [6.45, 7) is 0.264. The van der Waals surface area contributed by atoms with E-state index in [1.54, 1.807) is 7.05 Å². The first kappa shape index (κ1) is 17.3.